The molecule has 1 N–H and O–H groups in total. The van der Waals surface area contributed by atoms with Crippen molar-refractivity contribution < 1.29 is 40.9 Å². The molecule has 0 radical (unpaired) electrons. The van der Waals surface area contributed by atoms with Gasteiger partial charge in [0, 0.05) is 5.56 Å². The highest BCUT2D eigenvalue weighted by atomic mass is 19.4. The van der Waals surface area contributed by atoms with E-state index in [9.17, 15) is 31.4 Å². The lowest BCUT2D eigenvalue weighted by Crippen LogP contribution is -2.55. The number of methoxy groups -OCH3 is 1. The molecule has 0 atom stereocenters. The van der Waals surface area contributed by atoms with Gasteiger partial charge in [-0.15, -0.1) is 0 Å². The van der Waals surface area contributed by atoms with Crippen molar-refractivity contribution in [1.82, 2.24) is 0 Å². The third-order valence-electron chi connectivity index (χ3n) is 4.02. The summed E-state index contributed by atoms with van der Waals surface area (Å²) < 4.78 is 91.5. The lowest BCUT2D eigenvalue weighted by molar-refractivity contribution is -0.392. The molecule has 0 fully saturated rings. The molecule has 0 aliphatic rings. The highest BCUT2D eigenvalue weighted by Gasteiger charge is 2.73. The third kappa shape index (κ3) is 3.97. The number of hydrogen-bond acceptors (Lipinski definition) is 3. The normalized spacial score (nSPS) is 12.9. The maximum absolute atomic E-state index is 13.7. The SMILES string of the molecule is COc1ccc(COC(c2ccc(O)c(C)c2)(C(F)(F)F)C(F)(F)F)cc1. The minimum Gasteiger partial charge on any atom is -0.508 e. The minimum atomic E-state index is -5.79. The van der Waals surface area contributed by atoms with Crippen LogP contribution in [-0.2, 0) is 16.9 Å². The number of phenolic OH excluding ortho intramolecular Hbond substituents is 1. The van der Waals surface area contributed by atoms with Crippen molar-refractivity contribution >= 4 is 0 Å². The van der Waals surface area contributed by atoms with Crippen LogP contribution in [0.5, 0.6) is 11.5 Å². The Balaban J connectivity index is 2.52. The molecule has 2 aromatic carbocycles. The quantitative estimate of drug-likeness (QED) is 0.705. The topological polar surface area (TPSA) is 38.7 Å². The molecule has 0 saturated heterocycles. The van der Waals surface area contributed by atoms with E-state index < -0.39 is 35.9 Å². The van der Waals surface area contributed by atoms with Crippen LogP contribution in [-0.4, -0.2) is 24.6 Å². The van der Waals surface area contributed by atoms with Gasteiger partial charge in [0.1, 0.15) is 11.5 Å². The summed E-state index contributed by atoms with van der Waals surface area (Å²) in [6.07, 6.45) is -11.6. The van der Waals surface area contributed by atoms with Crippen LogP contribution < -0.4 is 4.74 Å². The standard InChI is InChI=1S/C18H16F6O3/c1-11-9-13(5-8-15(11)25)16(17(19,20)21,18(22,23)24)27-10-12-3-6-14(26-2)7-4-12/h3-9,25H,10H2,1-2H3. The largest absolute Gasteiger partial charge is 0.508 e. The second-order valence-electron chi connectivity index (χ2n) is 5.81. The number of aromatic hydroxyl groups is 1. The van der Waals surface area contributed by atoms with Crippen molar-refractivity contribution in [2.45, 2.75) is 31.5 Å². The molecule has 0 aromatic heterocycles. The maximum atomic E-state index is 13.7. The molecule has 0 unspecified atom stereocenters. The summed E-state index contributed by atoms with van der Waals surface area (Å²) in [5.74, 6) is -0.0297. The molecule has 0 spiro atoms. The Bertz CT molecular complexity index is 767. The number of aryl methyl sites for hydroxylation is 1. The Labute approximate surface area is 151 Å². The Hall–Kier alpha value is -2.42. The first-order valence-corrected chi connectivity index (χ1v) is 7.63. The molecule has 0 heterocycles. The molecule has 0 amide bonds. The van der Waals surface area contributed by atoms with E-state index in [1.54, 1.807) is 0 Å². The first-order chi connectivity index (χ1) is 12.4. The Morgan fingerprint density at radius 1 is 0.889 bits per heavy atom. The summed E-state index contributed by atoms with van der Waals surface area (Å²) in [5.41, 5.74) is -5.74. The first kappa shape index (κ1) is 20.9. The van der Waals surface area contributed by atoms with Gasteiger partial charge in [-0.1, -0.05) is 18.2 Å². The highest BCUT2D eigenvalue weighted by molar-refractivity contribution is 5.39. The summed E-state index contributed by atoms with van der Waals surface area (Å²) in [6.45, 7) is 0.253. The van der Waals surface area contributed by atoms with Gasteiger partial charge in [0.25, 0.3) is 5.60 Å². The van der Waals surface area contributed by atoms with E-state index in [1.165, 1.54) is 38.3 Å². The molecule has 0 bridgehead atoms. The van der Waals surface area contributed by atoms with E-state index in [1.807, 2.05) is 0 Å². The van der Waals surface area contributed by atoms with Crippen LogP contribution in [0.4, 0.5) is 26.3 Å². The van der Waals surface area contributed by atoms with Crippen molar-refractivity contribution in [3.05, 3.63) is 59.2 Å². The van der Waals surface area contributed by atoms with Gasteiger partial charge in [0.15, 0.2) is 0 Å². The first-order valence-electron chi connectivity index (χ1n) is 7.63. The van der Waals surface area contributed by atoms with Gasteiger partial charge in [0.05, 0.1) is 13.7 Å². The van der Waals surface area contributed by atoms with Gasteiger partial charge in [-0.25, -0.2) is 0 Å². The molecule has 27 heavy (non-hydrogen) atoms. The molecule has 148 valence electrons. The molecule has 9 heteroatoms. The molecule has 2 aromatic rings. The Morgan fingerprint density at radius 3 is 1.89 bits per heavy atom. The predicted molar refractivity (Wildman–Crippen MR) is 84.4 cm³/mol. The second kappa shape index (κ2) is 7.30. The smallest absolute Gasteiger partial charge is 0.430 e. The predicted octanol–water partition coefficient (Wildman–Crippen LogP) is 5.25. The van der Waals surface area contributed by atoms with Crippen LogP contribution in [0.25, 0.3) is 0 Å². The summed E-state index contributed by atoms with van der Waals surface area (Å²) >= 11 is 0. The maximum Gasteiger partial charge on any atom is 0.430 e. The van der Waals surface area contributed by atoms with E-state index in [0.29, 0.717) is 17.9 Å². The van der Waals surface area contributed by atoms with Gasteiger partial charge in [-0.05, 0) is 42.3 Å². The van der Waals surface area contributed by atoms with Crippen molar-refractivity contribution in [3.8, 4) is 11.5 Å². The summed E-state index contributed by atoms with van der Waals surface area (Å²) in [7, 11) is 1.37. The van der Waals surface area contributed by atoms with E-state index in [4.69, 9.17) is 4.74 Å². The molecular weight excluding hydrogens is 378 g/mol. The summed E-state index contributed by atoms with van der Waals surface area (Å²) in [5, 5.41) is 9.46. The average molecular weight is 394 g/mol. The number of halogens is 6. The van der Waals surface area contributed by atoms with Crippen LogP contribution in [0, 0.1) is 6.92 Å². The number of phenols is 1. The van der Waals surface area contributed by atoms with E-state index >= 15 is 0 Å². The lowest BCUT2D eigenvalue weighted by atomic mass is 9.90. The fourth-order valence-corrected chi connectivity index (χ4v) is 2.52. The van der Waals surface area contributed by atoms with Crippen molar-refractivity contribution in [3.63, 3.8) is 0 Å². The van der Waals surface area contributed by atoms with E-state index in [-0.39, 0.29) is 11.1 Å². The van der Waals surface area contributed by atoms with Crippen LogP contribution in [0.15, 0.2) is 42.5 Å². The molecule has 2 rings (SSSR count). The lowest BCUT2D eigenvalue weighted by Gasteiger charge is -2.37. The summed E-state index contributed by atoms with van der Waals surface area (Å²) in [6, 6.07) is 7.34. The number of hydrogen-bond donors (Lipinski definition) is 1. The van der Waals surface area contributed by atoms with Crippen LogP contribution >= 0.6 is 0 Å². The Morgan fingerprint density at radius 2 is 1.44 bits per heavy atom. The average Bonchev–Trinajstić information content (AvgIpc) is 2.56. The molecule has 0 saturated carbocycles. The van der Waals surface area contributed by atoms with Gasteiger partial charge < -0.3 is 14.6 Å². The van der Waals surface area contributed by atoms with Crippen molar-refractivity contribution in [2.75, 3.05) is 7.11 Å². The number of ether oxygens (including phenoxy) is 2. The zero-order valence-corrected chi connectivity index (χ0v) is 14.3. The van der Waals surface area contributed by atoms with E-state index in [0.717, 1.165) is 6.07 Å². The number of rotatable bonds is 5. The zero-order valence-electron chi connectivity index (χ0n) is 14.3. The molecular formula is C18H16F6O3. The van der Waals surface area contributed by atoms with E-state index in [2.05, 4.69) is 4.74 Å². The molecule has 0 aliphatic carbocycles. The minimum absolute atomic E-state index is 0.101. The highest BCUT2D eigenvalue weighted by Crippen LogP contribution is 2.53. The van der Waals surface area contributed by atoms with Gasteiger partial charge >= 0.3 is 12.4 Å². The Kier molecular flexibility index (Phi) is 5.65. The number of alkyl halides is 6. The second-order valence-corrected chi connectivity index (χ2v) is 5.81. The zero-order chi connectivity index (χ0) is 20.5. The summed E-state index contributed by atoms with van der Waals surface area (Å²) in [4.78, 5) is 0. The van der Waals surface area contributed by atoms with Gasteiger partial charge in [-0.2, -0.15) is 26.3 Å². The van der Waals surface area contributed by atoms with Gasteiger partial charge in [0.2, 0.25) is 0 Å². The van der Waals surface area contributed by atoms with Crippen LogP contribution in [0.3, 0.4) is 0 Å². The van der Waals surface area contributed by atoms with Crippen molar-refractivity contribution in [2.24, 2.45) is 0 Å². The molecule has 3 nitrogen and oxygen atoms in total. The fraction of sp³-hybridized carbons (Fsp3) is 0.333. The van der Waals surface area contributed by atoms with Crippen LogP contribution in [0.1, 0.15) is 16.7 Å². The number of benzene rings is 2. The fourth-order valence-electron chi connectivity index (χ4n) is 2.52. The molecule has 0 aliphatic heterocycles. The van der Waals surface area contributed by atoms with Crippen LogP contribution in [0.2, 0.25) is 0 Å². The monoisotopic (exact) mass is 394 g/mol. The third-order valence-corrected chi connectivity index (χ3v) is 4.02. The van der Waals surface area contributed by atoms with Crippen molar-refractivity contribution in [1.29, 1.82) is 0 Å². The van der Waals surface area contributed by atoms with Gasteiger partial charge in [-0.3, -0.25) is 0 Å².